The molecule has 0 saturated carbocycles. The van der Waals surface area contributed by atoms with Crippen LogP contribution in [-0.2, 0) is 6.18 Å². The Kier molecular flexibility index (Phi) is 3.34. The summed E-state index contributed by atoms with van der Waals surface area (Å²) in [4.78, 5) is 0. The van der Waals surface area contributed by atoms with Gasteiger partial charge in [0.25, 0.3) is 0 Å². The van der Waals surface area contributed by atoms with E-state index >= 15 is 0 Å². The van der Waals surface area contributed by atoms with Crippen molar-refractivity contribution in [1.82, 2.24) is 0 Å². The first-order valence-corrected chi connectivity index (χ1v) is 4.53. The SMILES string of the molecule is CCOc1c(Cl)cc(N)cc1C(F)(F)F. The van der Waals surface area contributed by atoms with Crippen LogP contribution in [0.1, 0.15) is 12.5 Å². The molecule has 0 aromatic heterocycles. The van der Waals surface area contributed by atoms with Gasteiger partial charge in [0.05, 0.1) is 11.6 Å². The number of hydrogen-bond donors (Lipinski definition) is 1. The van der Waals surface area contributed by atoms with Crippen LogP contribution < -0.4 is 10.5 Å². The fourth-order valence-corrected chi connectivity index (χ4v) is 1.40. The summed E-state index contributed by atoms with van der Waals surface area (Å²) in [5.41, 5.74) is 4.29. The summed E-state index contributed by atoms with van der Waals surface area (Å²) < 4.78 is 42.5. The molecule has 0 unspecified atom stereocenters. The minimum atomic E-state index is -4.52. The highest BCUT2D eigenvalue weighted by Gasteiger charge is 2.35. The zero-order chi connectivity index (χ0) is 11.6. The van der Waals surface area contributed by atoms with Gasteiger partial charge in [-0.05, 0) is 19.1 Å². The summed E-state index contributed by atoms with van der Waals surface area (Å²) in [7, 11) is 0. The zero-order valence-corrected chi connectivity index (χ0v) is 8.62. The monoisotopic (exact) mass is 239 g/mol. The Bertz CT molecular complexity index is 365. The Balaban J connectivity index is 3.33. The second-order valence-electron chi connectivity index (χ2n) is 2.81. The van der Waals surface area contributed by atoms with Gasteiger partial charge in [-0.1, -0.05) is 11.6 Å². The van der Waals surface area contributed by atoms with E-state index in [1.165, 1.54) is 6.07 Å². The molecule has 0 aliphatic carbocycles. The van der Waals surface area contributed by atoms with Crippen LogP contribution >= 0.6 is 11.6 Å². The summed E-state index contributed by atoms with van der Waals surface area (Å²) in [5, 5.41) is -0.135. The van der Waals surface area contributed by atoms with E-state index in [0.29, 0.717) is 0 Å². The molecule has 2 nitrogen and oxygen atoms in total. The lowest BCUT2D eigenvalue weighted by atomic mass is 10.1. The van der Waals surface area contributed by atoms with Crippen LogP contribution in [0.5, 0.6) is 5.75 Å². The molecule has 0 heterocycles. The van der Waals surface area contributed by atoms with Crippen molar-refractivity contribution in [3.63, 3.8) is 0 Å². The highest BCUT2D eigenvalue weighted by atomic mass is 35.5. The summed E-state index contributed by atoms with van der Waals surface area (Å²) in [5.74, 6) is -0.374. The summed E-state index contributed by atoms with van der Waals surface area (Å²) in [6, 6.07) is 2.03. The molecular formula is C9H9ClF3NO. The van der Waals surface area contributed by atoms with Gasteiger partial charge < -0.3 is 10.5 Å². The van der Waals surface area contributed by atoms with E-state index in [9.17, 15) is 13.2 Å². The van der Waals surface area contributed by atoms with Crippen LogP contribution in [0, 0.1) is 0 Å². The molecule has 0 aliphatic rings. The average molecular weight is 240 g/mol. The van der Waals surface area contributed by atoms with E-state index in [2.05, 4.69) is 0 Å². The third-order valence-corrected chi connectivity index (χ3v) is 1.94. The number of halogens is 4. The second-order valence-corrected chi connectivity index (χ2v) is 3.22. The van der Waals surface area contributed by atoms with Crippen molar-refractivity contribution in [2.75, 3.05) is 12.3 Å². The van der Waals surface area contributed by atoms with Gasteiger partial charge in [-0.2, -0.15) is 13.2 Å². The molecule has 1 rings (SSSR count). The van der Waals surface area contributed by atoms with Gasteiger partial charge in [0.1, 0.15) is 11.3 Å². The average Bonchev–Trinajstić information content (AvgIpc) is 2.07. The van der Waals surface area contributed by atoms with E-state index in [1.807, 2.05) is 0 Å². The van der Waals surface area contributed by atoms with Crippen LogP contribution in [0.4, 0.5) is 18.9 Å². The number of rotatable bonds is 2. The van der Waals surface area contributed by atoms with E-state index < -0.39 is 11.7 Å². The molecule has 1 aromatic rings. The number of benzene rings is 1. The van der Waals surface area contributed by atoms with Gasteiger partial charge in [-0.3, -0.25) is 0 Å². The Morgan fingerprint density at radius 1 is 1.40 bits per heavy atom. The Morgan fingerprint density at radius 2 is 2.00 bits per heavy atom. The zero-order valence-electron chi connectivity index (χ0n) is 7.86. The molecule has 0 atom stereocenters. The third kappa shape index (κ3) is 2.68. The van der Waals surface area contributed by atoms with E-state index in [-0.39, 0.29) is 23.1 Å². The first-order valence-electron chi connectivity index (χ1n) is 4.15. The number of nitrogens with two attached hydrogens (primary N) is 1. The standard InChI is InChI=1S/C9H9ClF3NO/c1-2-15-8-6(9(11,12)13)3-5(14)4-7(8)10/h3-4H,2,14H2,1H3. The fourth-order valence-electron chi connectivity index (χ4n) is 1.12. The van der Waals surface area contributed by atoms with E-state index in [1.54, 1.807) is 6.92 Å². The molecule has 0 bridgehead atoms. The molecule has 84 valence electrons. The van der Waals surface area contributed by atoms with Gasteiger partial charge in [0, 0.05) is 5.69 Å². The highest BCUT2D eigenvalue weighted by molar-refractivity contribution is 6.32. The Hall–Kier alpha value is -1.10. The van der Waals surface area contributed by atoms with Gasteiger partial charge in [-0.25, -0.2) is 0 Å². The molecular weight excluding hydrogens is 231 g/mol. The predicted molar refractivity (Wildman–Crippen MR) is 52.0 cm³/mol. The number of ether oxygens (including phenoxy) is 1. The predicted octanol–water partition coefficient (Wildman–Crippen LogP) is 3.34. The van der Waals surface area contributed by atoms with Crippen molar-refractivity contribution in [1.29, 1.82) is 0 Å². The van der Waals surface area contributed by atoms with Crippen molar-refractivity contribution >= 4 is 17.3 Å². The quantitative estimate of drug-likeness (QED) is 0.804. The van der Waals surface area contributed by atoms with Crippen LogP contribution in [0.3, 0.4) is 0 Å². The number of alkyl halides is 3. The topological polar surface area (TPSA) is 35.2 Å². The Morgan fingerprint density at radius 3 is 2.47 bits per heavy atom. The van der Waals surface area contributed by atoms with Crippen molar-refractivity contribution < 1.29 is 17.9 Å². The smallest absolute Gasteiger partial charge is 0.420 e. The van der Waals surface area contributed by atoms with Crippen molar-refractivity contribution in [3.05, 3.63) is 22.7 Å². The van der Waals surface area contributed by atoms with Gasteiger partial charge in [0.15, 0.2) is 0 Å². The first-order chi connectivity index (χ1) is 6.86. The van der Waals surface area contributed by atoms with Crippen LogP contribution in [-0.4, -0.2) is 6.61 Å². The van der Waals surface area contributed by atoms with Crippen LogP contribution in [0.25, 0.3) is 0 Å². The maximum absolute atomic E-state index is 12.5. The molecule has 6 heteroatoms. The number of hydrogen-bond acceptors (Lipinski definition) is 2. The molecule has 1 aromatic carbocycles. The van der Waals surface area contributed by atoms with Gasteiger partial charge in [0.2, 0.25) is 0 Å². The Labute approximate surface area is 89.8 Å². The first kappa shape index (κ1) is 12.0. The van der Waals surface area contributed by atoms with Crippen molar-refractivity contribution in [2.45, 2.75) is 13.1 Å². The van der Waals surface area contributed by atoms with Crippen LogP contribution in [0.2, 0.25) is 5.02 Å². The normalized spacial score (nSPS) is 11.5. The lowest BCUT2D eigenvalue weighted by Gasteiger charge is -2.15. The summed E-state index contributed by atoms with van der Waals surface area (Å²) >= 11 is 5.61. The lowest BCUT2D eigenvalue weighted by Crippen LogP contribution is -2.10. The minimum absolute atomic E-state index is 0.0456. The van der Waals surface area contributed by atoms with Gasteiger partial charge >= 0.3 is 6.18 Å². The number of nitrogen functional groups attached to an aromatic ring is 1. The molecule has 0 amide bonds. The number of anilines is 1. The minimum Gasteiger partial charge on any atom is -0.492 e. The molecule has 2 N–H and O–H groups in total. The van der Waals surface area contributed by atoms with E-state index in [4.69, 9.17) is 22.1 Å². The highest BCUT2D eigenvalue weighted by Crippen LogP contribution is 2.41. The fraction of sp³-hybridized carbons (Fsp3) is 0.333. The van der Waals surface area contributed by atoms with Crippen molar-refractivity contribution in [2.24, 2.45) is 0 Å². The van der Waals surface area contributed by atoms with Crippen molar-refractivity contribution in [3.8, 4) is 5.75 Å². The molecule has 15 heavy (non-hydrogen) atoms. The van der Waals surface area contributed by atoms with Gasteiger partial charge in [-0.15, -0.1) is 0 Å². The summed E-state index contributed by atoms with van der Waals surface area (Å²) in [6.07, 6.45) is -4.52. The second kappa shape index (κ2) is 4.18. The van der Waals surface area contributed by atoms with Crippen LogP contribution in [0.15, 0.2) is 12.1 Å². The third-order valence-electron chi connectivity index (χ3n) is 1.66. The molecule has 0 spiro atoms. The lowest BCUT2D eigenvalue weighted by molar-refractivity contribution is -0.138. The molecule has 0 fully saturated rings. The molecule has 0 saturated heterocycles. The van der Waals surface area contributed by atoms with E-state index in [0.717, 1.165) is 6.07 Å². The summed E-state index contributed by atoms with van der Waals surface area (Å²) in [6.45, 7) is 1.68. The maximum atomic E-state index is 12.5. The largest absolute Gasteiger partial charge is 0.492 e. The maximum Gasteiger partial charge on any atom is 0.420 e. The molecule has 0 radical (unpaired) electrons. The molecule has 0 aliphatic heterocycles.